The van der Waals surface area contributed by atoms with Crippen molar-refractivity contribution in [2.24, 2.45) is 0 Å². The SMILES string of the molecule is CO[N+](=O)C1=CCC(c2ccc(/C=C3/SC(=S)N(C4C=CC=CC4)C3=O)o2)C(Cl)=C1. The van der Waals surface area contributed by atoms with E-state index < -0.39 is 0 Å². The Labute approximate surface area is 188 Å². The van der Waals surface area contributed by atoms with E-state index in [0.29, 0.717) is 42.8 Å². The van der Waals surface area contributed by atoms with Crippen molar-refractivity contribution < 1.29 is 19.0 Å². The molecule has 6 nitrogen and oxygen atoms in total. The number of hydrogen-bond acceptors (Lipinski definition) is 6. The van der Waals surface area contributed by atoms with Crippen LogP contribution in [0.1, 0.15) is 30.3 Å². The third-order valence-electron chi connectivity index (χ3n) is 4.94. The maximum absolute atomic E-state index is 12.9. The predicted octanol–water partition coefficient (Wildman–Crippen LogP) is 5.20. The van der Waals surface area contributed by atoms with Gasteiger partial charge in [0.2, 0.25) is 0 Å². The zero-order valence-electron chi connectivity index (χ0n) is 16.0. The topological polar surface area (TPSA) is 62.8 Å². The first-order valence-corrected chi connectivity index (χ1v) is 10.9. The molecule has 0 aromatic carbocycles. The van der Waals surface area contributed by atoms with Gasteiger partial charge >= 0.3 is 5.70 Å². The molecule has 0 spiro atoms. The Morgan fingerprint density at radius 1 is 1.37 bits per heavy atom. The summed E-state index contributed by atoms with van der Waals surface area (Å²) in [5.74, 6) is 0.886. The molecule has 0 saturated carbocycles. The lowest BCUT2D eigenvalue weighted by Crippen LogP contribution is -2.37. The number of hydrogen-bond donors (Lipinski definition) is 0. The molecule has 1 saturated heterocycles. The van der Waals surface area contributed by atoms with Gasteiger partial charge in [-0.15, -0.1) is 0 Å². The van der Waals surface area contributed by atoms with Crippen molar-refractivity contribution in [1.29, 1.82) is 0 Å². The number of rotatable bonds is 5. The van der Waals surface area contributed by atoms with Gasteiger partial charge in [-0.2, -0.15) is 0 Å². The summed E-state index contributed by atoms with van der Waals surface area (Å²) in [6.45, 7) is 0. The van der Waals surface area contributed by atoms with Gasteiger partial charge in [0.1, 0.15) is 15.8 Å². The average molecular weight is 462 g/mol. The van der Waals surface area contributed by atoms with E-state index in [-0.39, 0.29) is 17.9 Å². The second-order valence-corrected chi connectivity index (χ2v) is 8.91. The Hall–Kier alpha value is -2.42. The lowest BCUT2D eigenvalue weighted by Gasteiger charge is -2.24. The van der Waals surface area contributed by atoms with Crippen LogP contribution in [0.4, 0.5) is 0 Å². The van der Waals surface area contributed by atoms with Gasteiger partial charge < -0.3 is 4.42 Å². The largest absolute Gasteiger partial charge is 0.461 e. The summed E-state index contributed by atoms with van der Waals surface area (Å²) in [6, 6.07) is 3.57. The molecular formula is C21H18ClN2O4S2+. The molecule has 30 heavy (non-hydrogen) atoms. The van der Waals surface area contributed by atoms with Crippen LogP contribution in [0.25, 0.3) is 6.08 Å². The first kappa shape index (κ1) is 20.8. The fourth-order valence-electron chi connectivity index (χ4n) is 3.42. The van der Waals surface area contributed by atoms with Crippen LogP contribution in [-0.4, -0.2) is 33.2 Å². The molecule has 2 atom stereocenters. The third kappa shape index (κ3) is 4.08. The molecule has 1 fully saturated rings. The smallest absolute Gasteiger partial charge is 0.314 e. The number of nitrogens with zero attached hydrogens (tertiary/aromatic N) is 2. The molecule has 1 aromatic rings. The number of carbonyl (C=O) groups excluding carboxylic acids is 1. The number of thioether (sulfide) groups is 1. The predicted molar refractivity (Wildman–Crippen MR) is 120 cm³/mol. The van der Waals surface area contributed by atoms with Crippen molar-refractivity contribution >= 4 is 51.9 Å². The van der Waals surface area contributed by atoms with Crippen LogP contribution in [0.3, 0.4) is 0 Å². The maximum atomic E-state index is 12.9. The van der Waals surface area contributed by atoms with Crippen LogP contribution in [0, 0.1) is 4.91 Å². The number of furan rings is 1. The van der Waals surface area contributed by atoms with Gasteiger partial charge in [-0.1, -0.05) is 59.9 Å². The van der Waals surface area contributed by atoms with Crippen LogP contribution in [0.5, 0.6) is 0 Å². The lowest BCUT2D eigenvalue weighted by molar-refractivity contribution is -0.758. The van der Waals surface area contributed by atoms with Crippen LogP contribution in [0.2, 0.25) is 0 Å². The molecule has 9 heteroatoms. The summed E-state index contributed by atoms with van der Waals surface area (Å²) in [4.78, 5) is 31.7. The molecule has 0 bridgehead atoms. The zero-order valence-corrected chi connectivity index (χ0v) is 18.4. The highest BCUT2D eigenvalue weighted by atomic mass is 35.5. The fourth-order valence-corrected chi connectivity index (χ4v) is 5.09. The zero-order chi connectivity index (χ0) is 21.3. The van der Waals surface area contributed by atoms with Gasteiger partial charge in [0, 0.05) is 17.2 Å². The van der Waals surface area contributed by atoms with Crippen molar-refractivity contribution in [3.05, 3.63) is 80.7 Å². The highest BCUT2D eigenvalue weighted by Gasteiger charge is 2.36. The molecule has 0 radical (unpaired) electrons. The number of halogens is 1. The third-order valence-corrected chi connectivity index (χ3v) is 6.64. The monoisotopic (exact) mass is 461 g/mol. The van der Waals surface area contributed by atoms with E-state index in [0.717, 1.165) is 6.42 Å². The van der Waals surface area contributed by atoms with Gasteiger partial charge in [0.15, 0.2) is 7.11 Å². The van der Waals surface area contributed by atoms with Crippen molar-refractivity contribution in [3.8, 4) is 0 Å². The molecule has 2 unspecified atom stereocenters. The molecule has 2 aliphatic carbocycles. The van der Waals surface area contributed by atoms with Crippen molar-refractivity contribution in [2.75, 3.05) is 7.11 Å². The molecule has 1 aliphatic heterocycles. The van der Waals surface area contributed by atoms with Crippen LogP contribution >= 0.6 is 35.6 Å². The van der Waals surface area contributed by atoms with Gasteiger partial charge in [0.05, 0.1) is 21.8 Å². The normalized spacial score (nSPS) is 25.0. The summed E-state index contributed by atoms with van der Waals surface area (Å²) in [7, 11) is 1.30. The first-order chi connectivity index (χ1) is 14.5. The standard InChI is InChI=1S/C21H18ClN2O4S2/c1-27-24(26)14-7-9-16(17(22)11-14)18-10-8-15(28-18)12-19-20(25)23(21(29)30-19)13-5-3-2-4-6-13/h2-5,7-8,10-13,16H,6,9H2,1H3/q+1/b19-12+. The number of allylic oxidation sites excluding steroid dienone is 5. The lowest BCUT2D eigenvalue weighted by atomic mass is 9.97. The Bertz CT molecular complexity index is 1070. The van der Waals surface area contributed by atoms with Gasteiger partial charge in [-0.25, -0.2) is 4.84 Å². The molecule has 2 heterocycles. The minimum absolute atomic E-state index is 0.0552. The van der Waals surface area contributed by atoms with Gasteiger partial charge in [-0.05, 0) is 31.1 Å². The minimum Gasteiger partial charge on any atom is -0.461 e. The van der Waals surface area contributed by atoms with E-state index >= 15 is 0 Å². The average Bonchev–Trinajstić information content (AvgIpc) is 3.32. The Balaban J connectivity index is 1.50. The summed E-state index contributed by atoms with van der Waals surface area (Å²) >= 11 is 13.1. The van der Waals surface area contributed by atoms with Crippen LogP contribution < -0.4 is 0 Å². The molecule has 1 aromatic heterocycles. The van der Waals surface area contributed by atoms with E-state index in [1.54, 1.807) is 29.2 Å². The van der Waals surface area contributed by atoms with Crippen molar-refractivity contribution in [1.82, 2.24) is 4.90 Å². The fraction of sp³-hybridized carbons (Fsp3) is 0.238. The molecule has 3 aliphatic rings. The van der Waals surface area contributed by atoms with Gasteiger partial charge in [-0.3, -0.25) is 9.69 Å². The Morgan fingerprint density at radius 3 is 2.90 bits per heavy atom. The molecular weight excluding hydrogens is 444 g/mol. The molecule has 154 valence electrons. The Kier molecular flexibility index (Phi) is 6.08. The molecule has 0 N–H and O–H groups in total. The van der Waals surface area contributed by atoms with Crippen molar-refractivity contribution in [3.63, 3.8) is 0 Å². The highest BCUT2D eigenvalue weighted by Crippen LogP contribution is 2.38. The number of amides is 1. The number of carbonyl (C=O) groups is 1. The summed E-state index contributed by atoms with van der Waals surface area (Å²) in [5, 5.41) is 0.481. The second-order valence-electron chi connectivity index (χ2n) is 6.79. The van der Waals surface area contributed by atoms with E-state index in [2.05, 4.69) is 4.84 Å². The summed E-state index contributed by atoms with van der Waals surface area (Å²) in [5.41, 5.74) is 0.348. The molecule has 4 rings (SSSR count). The van der Waals surface area contributed by atoms with Gasteiger partial charge in [0.25, 0.3) is 10.8 Å². The van der Waals surface area contributed by atoms with E-state index in [1.807, 2.05) is 30.4 Å². The minimum atomic E-state index is -0.198. The summed E-state index contributed by atoms with van der Waals surface area (Å²) < 4.78 is 6.48. The first-order valence-electron chi connectivity index (χ1n) is 9.26. The number of thiocarbonyl (C=S) groups is 1. The van der Waals surface area contributed by atoms with E-state index in [9.17, 15) is 9.70 Å². The van der Waals surface area contributed by atoms with E-state index in [4.69, 9.17) is 28.2 Å². The highest BCUT2D eigenvalue weighted by molar-refractivity contribution is 8.26. The molecule has 1 amide bonds. The van der Waals surface area contributed by atoms with Crippen molar-refractivity contribution in [2.45, 2.75) is 24.8 Å². The Morgan fingerprint density at radius 2 is 2.20 bits per heavy atom. The van der Waals surface area contributed by atoms with Crippen LogP contribution in [-0.2, 0) is 9.63 Å². The van der Waals surface area contributed by atoms with E-state index in [1.165, 1.54) is 18.9 Å². The summed E-state index contributed by atoms with van der Waals surface area (Å²) in [6.07, 6.45) is 14.1. The maximum Gasteiger partial charge on any atom is 0.314 e. The second kappa shape index (κ2) is 8.75. The quantitative estimate of drug-likeness (QED) is 0.341. The van der Waals surface area contributed by atoms with Crippen LogP contribution in [0.15, 0.2) is 68.6 Å².